The van der Waals surface area contributed by atoms with Gasteiger partial charge in [0.15, 0.2) is 0 Å². The van der Waals surface area contributed by atoms with Crippen molar-refractivity contribution in [2.45, 2.75) is 6.42 Å². The molecule has 0 spiro atoms. The molecule has 0 fully saturated rings. The van der Waals surface area contributed by atoms with E-state index in [0.29, 0.717) is 12.1 Å². The minimum Gasteiger partial charge on any atom is -0.508 e. The average molecular weight is 254 g/mol. The molecule has 1 aliphatic heterocycles. The number of anilines is 2. The van der Waals surface area contributed by atoms with Crippen LogP contribution in [-0.4, -0.2) is 17.6 Å². The highest BCUT2D eigenvalue weighted by Crippen LogP contribution is 2.33. The van der Waals surface area contributed by atoms with E-state index in [9.17, 15) is 9.90 Å². The Labute approximate surface area is 111 Å². The monoisotopic (exact) mass is 254 g/mol. The van der Waals surface area contributed by atoms with Gasteiger partial charge < -0.3 is 15.7 Å². The fourth-order valence-electron chi connectivity index (χ4n) is 2.47. The molecule has 4 heteroatoms. The Hall–Kier alpha value is -2.49. The summed E-state index contributed by atoms with van der Waals surface area (Å²) in [5, 5.41) is 9.45. The average Bonchev–Trinajstić information content (AvgIpc) is 2.83. The second kappa shape index (κ2) is 4.31. The van der Waals surface area contributed by atoms with Crippen molar-refractivity contribution in [3.05, 3.63) is 53.6 Å². The molecule has 0 aliphatic carbocycles. The summed E-state index contributed by atoms with van der Waals surface area (Å²) >= 11 is 0. The van der Waals surface area contributed by atoms with Crippen LogP contribution in [0, 0.1) is 0 Å². The number of phenolic OH excluding ortho intramolecular Hbond substituents is 1. The van der Waals surface area contributed by atoms with Crippen LogP contribution in [0.15, 0.2) is 42.5 Å². The molecule has 0 radical (unpaired) electrons. The second-order valence-electron chi connectivity index (χ2n) is 4.60. The highest BCUT2D eigenvalue weighted by molar-refractivity contribution is 6.07. The molecule has 0 bridgehead atoms. The molecule has 4 nitrogen and oxygen atoms in total. The van der Waals surface area contributed by atoms with Gasteiger partial charge in [0, 0.05) is 29.0 Å². The van der Waals surface area contributed by atoms with Crippen molar-refractivity contribution in [1.82, 2.24) is 0 Å². The van der Waals surface area contributed by atoms with Gasteiger partial charge in [0.05, 0.1) is 0 Å². The Morgan fingerprint density at radius 2 is 2.00 bits per heavy atom. The molecule has 1 amide bonds. The molecule has 0 atom stereocenters. The molecular formula is C15H14N2O2. The van der Waals surface area contributed by atoms with E-state index < -0.39 is 0 Å². The first-order valence-corrected chi connectivity index (χ1v) is 6.15. The summed E-state index contributed by atoms with van der Waals surface area (Å²) in [4.78, 5) is 14.2. The first-order valence-electron chi connectivity index (χ1n) is 6.15. The van der Waals surface area contributed by atoms with E-state index in [1.807, 2.05) is 18.2 Å². The largest absolute Gasteiger partial charge is 0.508 e. The van der Waals surface area contributed by atoms with Gasteiger partial charge in [-0.25, -0.2) is 0 Å². The zero-order chi connectivity index (χ0) is 13.4. The van der Waals surface area contributed by atoms with Gasteiger partial charge in [-0.15, -0.1) is 0 Å². The maximum absolute atomic E-state index is 12.4. The number of amides is 1. The van der Waals surface area contributed by atoms with Crippen molar-refractivity contribution < 1.29 is 9.90 Å². The third kappa shape index (κ3) is 1.91. The van der Waals surface area contributed by atoms with E-state index in [2.05, 4.69) is 0 Å². The van der Waals surface area contributed by atoms with Gasteiger partial charge in [-0.3, -0.25) is 4.79 Å². The molecule has 96 valence electrons. The van der Waals surface area contributed by atoms with Crippen molar-refractivity contribution in [2.75, 3.05) is 17.2 Å². The normalized spacial score (nSPS) is 13.4. The second-order valence-corrected chi connectivity index (χ2v) is 4.60. The van der Waals surface area contributed by atoms with E-state index in [-0.39, 0.29) is 11.7 Å². The fraction of sp³-hybridized carbons (Fsp3) is 0.133. The lowest BCUT2D eigenvalue weighted by Crippen LogP contribution is -2.28. The summed E-state index contributed by atoms with van der Waals surface area (Å²) < 4.78 is 0. The number of aromatic hydroxyl groups is 1. The minimum atomic E-state index is -0.111. The van der Waals surface area contributed by atoms with Gasteiger partial charge in [-0.05, 0) is 36.8 Å². The van der Waals surface area contributed by atoms with Gasteiger partial charge in [-0.1, -0.05) is 12.1 Å². The topological polar surface area (TPSA) is 66.6 Å². The Kier molecular flexibility index (Phi) is 2.63. The maximum Gasteiger partial charge on any atom is 0.258 e. The maximum atomic E-state index is 12.4. The first kappa shape index (κ1) is 11.6. The molecule has 3 rings (SSSR count). The molecule has 0 unspecified atom stereocenters. The van der Waals surface area contributed by atoms with Crippen molar-refractivity contribution in [3.8, 4) is 5.75 Å². The summed E-state index contributed by atoms with van der Waals surface area (Å²) in [6.45, 7) is 0.623. The van der Waals surface area contributed by atoms with Crippen LogP contribution >= 0.6 is 0 Å². The molecular weight excluding hydrogens is 240 g/mol. The first-order chi connectivity index (χ1) is 9.16. The van der Waals surface area contributed by atoms with E-state index in [1.54, 1.807) is 23.1 Å². The van der Waals surface area contributed by atoms with Crippen LogP contribution in [0.4, 0.5) is 11.4 Å². The number of phenols is 1. The molecule has 3 N–H and O–H groups in total. The molecule has 1 aliphatic rings. The summed E-state index contributed by atoms with van der Waals surface area (Å²) in [7, 11) is 0. The van der Waals surface area contributed by atoms with Crippen LogP contribution in [0.2, 0.25) is 0 Å². The van der Waals surface area contributed by atoms with E-state index in [4.69, 9.17) is 5.73 Å². The van der Waals surface area contributed by atoms with Crippen LogP contribution in [-0.2, 0) is 6.42 Å². The zero-order valence-corrected chi connectivity index (χ0v) is 10.3. The van der Waals surface area contributed by atoms with E-state index in [1.165, 1.54) is 6.07 Å². The zero-order valence-electron chi connectivity index (χ0n) is 10.3. The summed E-state index contributed by atoms with van der Waals surface area (Å²) in [6, 6.07) is 12.0. The van der Waals surface area contributed by atoms with Gasteiger partial charge in [-0.2, -0.15) is 0 Å². The summed E-state index contributed by atoms with van der Waals surface area (Å²) in [6.07, 6.45) is 0.770. The summed E-state index contributed by atoms with van der Waals surface area (Å²) in [5.74, 6) is -0.0157. The van der Waals surface area contributed by atoms with Crippen LogP contribution in [0.1, 0.15) is 15.9 Å². The molecule has 0 saturated carbocycles. The van der Waals surface area contributed by atoms with Gasteiger partial charge in [0.25, 0.3) is 5.91 Å². The lowest BCUT2D eigenvalue weighted by molar-refractivity contribution is 0.0989. The third-order valence-electron chi connectivity index (χ3n) is 3.40. The molecule has 1 heterocycles. The number of hydrogen-bond donors (Lipinski definition) is 2. The number of nitrogen functional groups attached to an aromatic ring is 1. The minimum absolute atomic E-state index is 0.0952. The molecule has 2 aromatic carbocycles. The smallest absolute Gasteiger partial charge is 0.258 e. The quantitative estimate of drug-likeness (QED) is 0.766. The molecule has 2 aromatic rings. The number of benzene rings is 2. The van der Waals surface area contributed by atoms with Gasteiger partial charge in [0.1, 0.15) is 5.75 Å². The van der Waals surface area contributed by atoms with Gasteiger partial charge >= 0.3 is 0 Å². The molecule has 0 aromatic heterocycles. The van der Waals surface area contributed by atoms with Crippen LogP contribution < -0.4 is 10.6 Å². The standard InChI is InChI=1S/C15H14N2O2/c16-13-5-2-6-14-12(13)7-8-17(14)15(19)10-3-1-4-11(18)9-10/h1-6,9,18H,7-8,16H2. The van der Waals surface area contributed by atoms with Crippen molar-refractivity contribution in [3.63, 3.8) is 0 Å². The van der Waals surface area contributed by atoms with Crippen LogP contribution in [0.3, 0.4) is 0 Å². The van der Waals surface area contributed by atoms with Crippen molar-refractivity contribution in [2.24, 2.45) is 0 Å². The Bertz CT molecular complexity index is 652. The van der Waals surface area contributed by atoms with Crippen molar-refractivity contribution >= 4 is 17.3 Å². The van der Waals surface area contributed by atoms with Gasteiger partial charge in [0.2, 0.25) is 0 Å². The number of nitrogens with two attached hydrogens (primary N) is 1. The molecule has 0 saturated heterocycles. The highest BCUT2D eigenvalue weighted by atomic mass is 16.3. The predicted octanol–water partition coefficient (Wildman–Crippen LogP) is 2.18. The third-order valence-corrected chi connectivity index (χ3v) is 3.40. The Balaban J connectivity index is 1.98. The highest BCUT2D eigenvalue weighted by Gasteiger charge is 2.26. The molecule has 19 heavy (non-hydrogen) atoms. The van der Waals surface area contributed by atoms with E-state index in [0.717, 1.165) is 23.4 Å². The lowest BCUT2D eigenvalue weighted by atomic mass is 10.1. The Morgan fingerprint density at radius 3 is 2.79 bits per heavy atom. The van der Waals surface area contributed by atoms with Crippen LogP contribution in [0.5, 0.6) is 5.75 Å². The predicted molar refractivity (Wildman–Crippen MR) is 74.3 cm³/mol. The summed E-state index contributed by atoms with van der Waals surface area (Å²) in [5.41, 5.74) is 9.02. The lowest BCUT2D eigenvalue weighted by Gasteiger charge is -2.17. The fourth-order valence-corrected chi connectivity index (χ4v) is 2.47. The Morgan fingerprint density at radius 1 is 1.21 bits per heavy atom. The number of hydrogen-bond acceptors (Lipinski definition) is 3. The number of carbonyl (C=O) groups is 1. The van der Waals surface area contributed by atoms with E-state index >= 15 is 0 Å². The number of nitrogens with zero attached hydrogens (tertiary/aromatic N) is 1. The van der Waals surface area contributed by atoms with Crippen molar-refractivity contribution in [1.29, 1.82) is 0 Å². The number of fused-ring (bicyclic) bond motifs is 1. The SMILES string of the molecule is Nc1cccc2c1CCN2C(=O)c1cccc(O)c1. The number of carbonyl (C=O) groups excluding carboxylic acids is 1. The number of rotatable bonds is 1. The van der Waals surface area contributed by atoms with Crippen LogP contribution in [0.25, 0.3) is 0 Å².